The van der Waals surface area contributed by atoms with E-state index in [-0.39, 0.29) is 12.1 Å². The molecule has 0 amide bonds. The van der Waals surface area contributed by atoms with Crippen molar-refractivity contribution in [2.24, 2.45) is 0 Å². The van der Waals surface area contributed by atoms with Crippen molar-refractivity contribution in [3.8, 4) is 11.4 Å². The number of pyridine rings is 1. The summed E-state index contributed by atoms with van der Waals surface area (Å²) in [5, 5.41) is 4.27. The summed E-state index contributed by atoms with van der Waals surface area (Å²) in [5.74, 6) is 0.845. The zero-order valence-electron chi connectivity index (χ0n) is 19.8. The molecule has 4 aromatic rings. The zero-order valence-corrected chi connectivity index (χ0v) is 20.6. The lowest BCUT2D eigenvalue weighted by Gasteiger charge is -2.28. The first-order valence-electron chi connectivity index (χ1n) is 11.4. The van der Waals surface area contributed by atoms with Crippen LogP contribution in [0.2, 0.25) is 0 Å². The van der Waals surface area contributed by atoms with Crippen LogP contribution in [0.3, 0.4) is 0 Å². The molecule has 0 unspecified atom stereocenters. The van der Waals surface area contributed by atoms with Gasteiger partial charge in [0.15, 0.2) is 5.11 Å². The van der Waals surface area contributed by atoms with Crippen molar-refractivity contribution in [1.82, 2.24) is 14.9 Å². The number of nitrogens with one attached hydrogen (secondary N) is 1. The summed E-state index contributed by atoms with van der Waals surface area (Å²) >= 11 is 5.88. The van der Waals surface area contributed by atoms with Gasteiger partial charge in [-0.2, -0.15) is 0 Å². The molecule has 0 spiro atoms. The highest BCUT2D eigenvalue weighted by molar-refractivity contribution is 7.80. The van der Waals surface area contributed by atoms with Crippen molar-refractivity contribution in [2.75, 3.05) is 12.0 Å². The second kappa shape index (κ2) is 8.95. The Morgan fingerprint density at radius 1 is 0.912 bits per heavy atom. The molecule has 1 aliphatic rings. The van der Waals surface area contributed by atoms with Gasteiger partial charge in [0.1, 0.15) is 5.75 Å². The van der Waals surface area contributed by atoms with Crippen LogP contribution in [0.5, 0.6) is 5.75 Å². The molecule has 6 heteroatoms. The number of nitrogens with zero attached hydrogens (tertiary/aromatic N) is 3. The monoisotopic (exact) mass is 468 g/mol. The summed E-state index contributed by atoms with van der Waals surface area (Å²) in [4.78, 5) is 6.91. The summed E-state index contributed by atoms with van der Waals surface area (Å²) in [6.07, 6.45) is 1.84. The first-order valence-corrected chi connectivity index (χ1v) is 11.8. The predicted octanol–water partition coefficient (Wildman–Crippen LogP) is 5.98. The van der Waals surface area contributed by atoms with E-state index < -0.39 is 0 Å². The highest BCUT2D eigenvalue weighted by Gasteiger charge is 2.42. The van der Waals surface area contributed by atoms with Crippen LogP contribution in [-0.2, 0) is 0 Å². The minimum Gasteiger partial charge on any atom is -0.497 e. The molecule has 0 aliphatic carbocycles. The maximum atomic E-state index is 5.88. The normalized spacial score (nSPS) is 17.6. The maximum Gasteiger partial charge on any atom is 0.174 e. The van der Waals surface area contributed by atoms with Gasteiger partial charge in [-0.25, -0.2) is 0 Å². The van der Waals surface area contributed by atoms with Gasteiger partial charge in [0.25, 0.3) is 0 Å². The van der Waals surface area contributed by atoms with Crippen molar-refractivity contribution in [3.63, 3.8) is 0 Å². The topological polar surface area (TPSA) is 42.3 Å². The average Bonchev–Trinajstić information content (AvgIpc) is 3.35. The molecule has 2 aromatic heterocycles. The Morgan fingerprint density at radius 2 is 1.62 bits per heavy atom. The van der Waals surface area contributed by atoms with Crippen LogP contribution in [-0.4, -0.2) is 21.8 Å². The Balaban J connectivity index is 1.65. The Morgan fingerprint density at radius 3 is 2.26 bits per heavy atom. The third kappa shape index (κ3) is 3.84. The Hall–Kier alpha value is -3.64. The Kier molecular flexibility index (Phi) is 5.84. The molecule has 172 valence electrons. The van der Waals surface area contributed by atoms with Crippen LogP contribution >= 0.6 is 12.2 Å². The summed E-state index contributed by atoms with van der Waals surface area (Å²) in [6, 6.07) is 24.9. The van der Waals surface area contributed by atoms with Crippen LogP contribution in [0, 0.1) is 20.8 Å². The van der Waals surface area contributed by atoms with Crippen molar-refractivity contribution in [2.45, 2.75) is 32.9 Å². The molecule has 0 bridgehead atoms. The first kappa shape index (κ1) is 22.2. The van der Waals surface area contributed by atoms with Gasteiger partial charge in [-0.3, -0.25) is 4.98 Å². The van der Waals surface area contributed by atoms with E-state index in [9.17, 15) is 0 Å². The molecule has 34 heavy (non-hydrogen) atoms. The number of methoxy groups -OCH3 is 1. The third-order valence-corrected chi connectivity index (χ3v) is 6.84. The molecule has 1 saturated heterocycles. The lowest BCUT2D eigenvalue weighted by atomic mass is 9.96. The highest BCUT2D eigenvalue weighted by Crippen LogP contribution is 2.43. The molecular formula is C28H28N4OS. The smallest absolute Gasteiger partial charge is 0.174 e. The summed E-state index contributed by atoms with van der Waals surface area (Å²) in [7, 11) is 1.69. The molecule has 1 fully saturated rings. The van der Waals surface area contributed by atoms with E-state index >= 15 is 0 Å². The number of hydrogen-bond acceptors (Lipinski definition) is 3. The Labute approximate surface area is 206 Å². The molecule has 0 saturated carbocycles. The number of aromatic nitrogens is 2. The van der Waals surface area contributed by atoms with Gasteiger partial charge >= 0.3 is 0 Å². The molecule has 1 N–H and O–H groups in total. The second-order valence-corrected chi connectivity index (χ2v) is 9.08. The fourth-order valence-electron chi connectivity index (χ4n) is 4.87. The number of aryl methyl sites for hydroxylation is 2. The van der Waals surface area contributed by atoms with Gasteiger partial charge in [-0.05, 0) is 93.1 Å². The number of rotatable bonds is 5. The standard InChI is InChI=1S/C28H28N4OS/c1-18-8-10-22(11-9-18)32-27(26(30-28(32)34)25-7-5-6-16-29-25)24-17-19(2)31(20(24)3)21-12-14-23(33-4)15-13-21/h5-17,26-27H,1-4H3,(H,30,34)/t26-,27-/m0/s1. The first-order chi connectivity index (χ1) is 16.5. The summed E-state index contributed by atoms with van der Waals surface area (Å²) in [6.45, 7) is 6.42. The lowest BCUT2D eigenvalue weighted by Crippen LogP contribution is -2.29. The molecule has 2 atom stereocenters. The molecule has 2 aromatic carbocycles. The third-order valence-electron chi connectivity index (χ3n) is 6.53. The van der Waals surface area contributed by atoms with Gasteiger partial charge in [0.2, 0.25) is 0 Å². The van der Waals surface area contributed by atoms with Crippen molar-refractivity contribution in [1.29, 1.82) is 0 Å². The maximum absolute atomic E-state index is 5.88. The Bertz CT molecular complexity index is 1310. The average molecular weight is 469 g/mol. The molecule has 3 heterocycles. The lowest BCUT2D eigenvalue weighted by molar-refractivity contribution is 0.414. The minimum absolute atomic E-state index is 0.0386. The van der Waals surface area contributed by atoms with E-state index in [1.807, 2.05) is 30.5 Å². The van der Waals surface area contributed by atoms with Crippen LogP contribution in [0.15, 0.2) is 79.0 Å². The van der Waals surface area contributed by atoms with Crippen molar-refractivity contribution >= 4 is 23.0 Å². The van der Waals surface area contributed by atoms with Gasteiger partial charge in [-0.1, -0.05) is 23.8 Å². The largest absolute Gasteiger partial charge is 0.497 e. The van der Waals surface area contributed by atoms with Gasteiger partial charge in [0.05, 0.1) is 24.9 Å². The van der Waals surface area contributed by atoms with Crippen LogP contribution in [0.1, 0.15) is 40.3 Å². The van der Waals surface area contributed by atoms with Crippen molar-refractivity contribution in [3.05, 3.63) is 107 Å². The molecule has 1 aliphatic heterocycles. The van der Waals surface area contributed by atoms with Crippen LogP contribution in [0.4, 0.5) is 5.69 Å². The fraction of sp³-hybridized carbons (Fsp3) is 0.214. The quantitative estimate of drug-likeness (QED) is 0.365. The number of hydrogen-bond donors (Lipinski definition) is 1. The van der Waals surface area contributed by atoms with Gasteiger partial charge in [-0.15, -0.1) is 0 Å². The number of anilines is 1. The van der Waals surface area contributed by atoms with Crippen molar-refractivity contribution < 1.29 is 4.74 Å². The fourth-order valence-corrected chi connectivity index (χ4v) is 5.22. The van der Waals surface area contributed by atoms with Gasteiger partial charge < -0.3 is 19.5 Å². The second-order valence-electron chi connectivity index (χ2n) is 8.69. The molecule has 0 radical (unpaired) electrons. The molecule has 5 nitrogen and oxygen atoms in total. The highest BCUT2D eigenvalue weighted by atomic mass is 32.1. The summed E-state index contributed by atoms with van der Waals surface area (Å²) < 4.78 is 7.64. The number of thiocarbonyl (C=S) groups is 1. The zero-order chi connectivity index (χ0) is 23.8. The van der Waals surface area contributed by atoms with E-state index in [2.05, 4.69) is 89.1 Å². The molecule has 5 rings (SSSR count). The number of benzene rings is 2. The van der Waals surface area contributed by atoms with E-state index in [0.717, 1.165) is 22.8 Å². The van der Waals surface area contributed by atoms with E-state index in [4.69, 9.17) is 17.0 Å². The van der Waals surface area contributed by atoms with Gasteiger partial charge in [0, 0.05) is 29.0 Å². The van der Waals surface area contributed by atoms with E-state index in [1.165, 1.54) is 22.5 Å². The minimum atomic E-state index is -0.0696. The van der Waals surface area contributed by atoms with E-state index in [1.54, 1.807) is 7.11 Å². The number of ether oxygens (including phenoxy) is 1. The SMILES string of the molecule is COc1ccc(-n2c(C)cc([C@H]3[C@H](c4ccccn4)NC(=S)N3c3ccc(C)cc3)c2C)cc1. The summed E-state index contributed by atoms with van der Waals surface area (Å²) in [5.41, 5.74) is 7.93. The van der Waals surface area contributed by atoms with Crippen LogP contribution < -0.4 is 15.0 Å². The molecular weight excluding hydrogens is 440 g/mol. The van der Waals surface area contributed by atoms with E-state index in [0.29, 0.717) is 5.11 Å². The van der Waals surface area contributed by atoms with Crippen LogP contribution in [0.25, 0.3) is 5.69 Å². The predicted molar refractivity (Wildman–Crippen MR) is 141 cm³/mol.